The van der Waals surface area contributed by atoms with E-state index in [9.17, 15) is 44.7 Å². The van der Waals surface area contributed by atoms with Gasteiger partial charge >= 0.3 is 18.0 Å². The van der Waals surface area contributed by atoms with Crippen molar-refractivity contribution in [3.05, 3.63) is 33.5 Å². The van der Waals surface area contributed by atoms with E-state index in [0.717, 1.165) is 6.92 Å². The Kier molecular flexibility index (Phi) is 14.7. The van der Waals surface area contributed by atoms with Gasteiger partial charge in [0.25, 0.3) is 0 Å². The van der Waals surface area contributed by atoms with Crippen molar-refractivity contribution in [1.82, 2.24) is 5.32 Å². The molecule has 52 heavy (non-hydrogen) atoms. The summed E-state index contributed by atoms with van der Waals surface area (Å²) in [6.07, 6.45) is -10.8. The Bertz CT molecular complexity index is 1560. The van der Waals surface area contributed by atoms with Crippen molar-refractivity contribution in [2.24, 2.45) is 22.2 Å². The van der Waals surface area contributed by atoms with E-state index in [0.29, 0.717) is 4.88 Å². The molecule has 5 rings (SSSR count). The number of hydrogen-bond donors (Lipinski definition) is 6. The first-order chi connectivity index (χ1) is 23.0. The molecule has 1 amide bonds. The summed E-state index contributed by atoms with van der Waals surface area (Å²) in [5.74, 6) is -4.38. The summed E-state index contributed by atoms with van der Waals surface area (Å²) in [6, 6.07) is 1.99. The first-order valence-electron chi connectivity index (χ1n) is 16.7. The normalized spacial score (nSPS) is 36.1. The van der Waals surface area contributed by atoms with E-state index in [-0.39, 0.29) is 124 Å². The first kappa shape index (κ1) is 46.3. The van der Waals surface area contributed by atoms with Crippen LogP contribution in [0.2, 0.25) is 0 Å². The van der Waals surface area contributed by atoms with Crippen molar-refractivity contribution < 1.29 is 152 Å². The molecule has 11 atom stereocenters. The van der Waals surface area contributed by atoms with Crippen LogP contribution in [-0.2, 0) is 33.3 Å². The third-order valence-corrected chi connectivity index (χ3v) is 12.2. The monoisotopic (exact) mass is 1180 g/mol. The number of ether oxygens (including phenoxy) is 4. The van der Waals surface area contributed by atoms with Crippen LogP contribution in [0.4, 0.5) is 4.79 Å². The minimum Gasteiger partial charge on any atom is -0.459 e. The third kappa shape index (κ3) is 7.92. The maximum absolute atomic E-state index is 14.4. The molecule has 6 N–H and O–H groups in total. The molecular weight excluding hydrogens is 1130 g/mol. The summed E-state index contributed by atoms with van der Waals surface area (Å²) in [7, 11) is 0. The maximum atomic E-state index is 14.4. The molecule has 1 aromatic heterocycles. The van der Waals surface area contributed by atoms with E-state index >= 15 is 0 Å². The number of rotatable bonds is 7. The number of carbonyl (C=O) groups excluding carboxylic acids is 4. The molecule has 0 spiro atoms. The molecule has 284 valence electrons. The minimum absolute atomic E-state index is 0. The van der Waals surface area contributed by atoms with Gasteiger partial charge in [-0.3, -0.25) is 9.59 Å². The third-order valence-electron chi connectivity index (χ3n) is 11.2. The van der Waals surface area contributed by atoms with Crippen molar-refractivity contribution in [2.45, 2.75) is 122 Å². The number of hydrogen-bond acceptors (Lipinski definition) is 14. The molecule has 0 aromatic carbocycles. The van der Waals surface area contributed by atoms with Crippen LogP contribution in [0.3, 0.4) is 0 Å². The molecule has 2 heterocycles. The fourth-order valence-corrected chi connectivity index (χ4v) is 9.17. The number of esters is 2. The van der Waals surface area contributed by atoms with Crippen LogP contribution in [0.15, 0.2) is 28.7 Å². The Morgan fingerprint density at radius 3 is 2.27 bits per heavy atom. The summed E-state index contributed by atoms with van der Waals surface area (Å²) in [5.41, 5.74) is -7.70. The number of aliphatic hydroxyl groups excluding tert-OH is 3. The van der Waals surface area contributed by atoms with Crippen molar-refractivity contribution in [3.8, 4) is 0 Å². The number of nitrogens with one attached hydrogen (secondary N) is 1. The summed E-state index contributed by atoms with van der Waals surface area (Å²) in [4.78, 5) is 54.0. The van der Waals surface area contributed by atoms with Gasteiger partial charge in [0.2, 0.25) is 0 Å². The summed E-state index contributed by atoms with van der Waals surface area (Å²) >= 11 is 1.17. The van der Waals surface area contributed by atoms with Crippen molar-refractivity contribution in [3.63, 3.8) is 0 Å². The topological polar surface area (TPSA) is 218 Å². The van der Waals surface area contributed by atoms with Crippen LogP contribution >= 0.6 is 11.3 Å². The Labute approximate surface area is 378 Å². The van der Waals surface area contributed by atoms with Crippen LogP contribution in [0.25, 0.3) is 0 Å². The molecule has 14 nitrogen and oxygen atoms in total. The minimum atomic E-state index is -2.23. The average molecular weight is 1180 g/mol. The molecule has 17 heteroatoms. The number of amides is 1. The van der Waals surface area contributed by atoms with Gasteiger partial charge in [-0.15, -0.1) is 11.3 Å². The predicted octanol–water partition coefficient (Wildman–Crippen LogP) is 1.70. The second kappa shape index (κ2) is 16.4. The average Bonchev–Trinajstić information content (AvgIpc) is 3.55. The number of alkyl carbamates (subject to hydrolysis) is 1. The van der Waals surface area contributed by atoms with Gasteiger partial charge in [-0.2, -0.15) is 0 Å². The van der Waals surface area contributed by atoms with E-state index in [1.165, 1.54) is 25.2 Å². The van der Waals surface area contributed by atoms with E-state index in [2.05, 4.69) is 5.32 Å². The number of Topliss-reactive ketones (excluding diaryl/α,β-unsaturated/α-hetero) is 1. The molecule has 1 aliphatic heterocycles. The predicted molar refractivity (Wildman–Crippen MR) is 176 cm³/mol. The first-order valence-corrected chi connectivity index (χ1v) is 17.6. The van der Waals surface area contributed by atoms with Crippen molar-refractivity contribution in [1.29, 1.82) is 0 Å². The standard InChI is InChI=1S/C35H49NO13S.2Ac/c1-16-18(49-29(42)25(40)23(19-10-9-11-50-19)36-30(43)47-14-31(3,4)5)13-35(45)28(48-17(2)37)26-33(8,20(38)12-21-34(26,44)15-46-21)27(41)24(39)22(16)32(35,6)7;;/h9-11,18,20-21,23-26,28,38-40,44-45H,12-15H2,1-8H3,(H,36,43);;/t18-,20-,21+,23-,24+,25+,26-,28-,33+,34-,35+;;/m0../s1. The molecule has 2 bridgehead atoms. The smallest absolute Gasteiger partial charge is 0.407 e. The van der Waals surface area contributed by atoms with Gasteiger partial charge in [0.05, 0.1) is 30.8 Å². The van der Waals surface area contributed by atoms with Crippen LogP contribution < -0.4 is 5.32 Å². The van der Waals surface area contributed by atoms with Gasteiger partial charge in [-0.1, -0.05) is 40.7 Å². The Morgan fingerprint density at radius 2 is 1.75 bits per heavy atom. The van der Waals surface area contributed by atoms with E-state index < -0.39 is 101 Å². The second-order valence-corrected chi connectivity index (χ2v) is 17.1. The maximum Gasteiger partial charge on any atom is 0.407 e. The molecular formula is C35H49Ac2NO13S. The molecule has 2 radical (unpaired) electrons. The molecule has 1 aromatic rings. The summed E-state index contributed by atoms with van der Waals surface area (Å²) in [5, 5.41) is 63.7. The van der Waals surface area contributed by atoms with Crippen molar-refractivity contribution >= 4 is 35.2 Å². The van der Waals surface area contributed by atoms with E-state index in [1.54, 1.807) is 31.4 Å². The molecule has 2 saturated carbocycles. The van der Waals surface area contributed by atoms with E-state index in [1.807, 2.05) is 20.8 Å². The quantitative estimate of drug-likeness (QED) is 0.130. The van der Waals surface area contributed by atoms with Gasteiger partial charge in [0.1, 0.15) is 35.6 Å². The zero-order chi connectivity index (χ0) is 37.4. The van der Waals surface area contributed by atoms with Crippen molar-refractivity contribution in [2.75, 3.05) is 13.2 Å². The van der Waals surface area contributed by atoms with Crippen LogP contribution in [0.1, 0.15) is 79.2 Å². The van der Waals surface area contributed by atoms with Gasteiger partial charge in [0.15, 0.2) is 11.9 Å². The summed E-state index contributed by atoms with van der Waals surface area (Å²) in [6.45, 7) is 12.5. The number of ketones is 1. The number of fused-ring (bicyclic) bond motifs is 5. The fraction of sp³-hybridized carbons (Fsp3) is 0.714. The SMILES string of the molecule is CC(=O)O[C@H]1[C@@H]2[C@]3(O)CO[C@@H]3C[C@H](O)[C@@]2(C)C(=O)[C@H](O)C2=C(C)[C@@H](OC(=O)[C@H](O)[C@@H](NC(=O)OCC(C)(C)C)c3cccs3)C[C@]1(O)C2(C)C.[Ac].[Ac]. The summed E-state index contributed by atoms with van der Waals surface area (Å²) < 4.78 is 22.5. The molecule has 1 saturated heterocycles. The molecule has 4 aliphatic rings. The van der Waals surface area contributed by atoms with Gasteiger partial charge in [-0.05, 0) is 41.9 Å². The van der Waals surface area contributed by atoms with E-state index in [4.69, 9.17) is 18.9 Å². The van der Waals surface area contributed by atoms with Gasteiger partial charge < -0.3 is 49.8 Å². The Morgan fingerprint density at radius 1 is 1.12 bits per heavy atom. The van der Waals surface area contributed by atoms with Gasteiger partial charge in [-0.25, -0.2) is 9.59 Å². The Hall–Kier alpha value is -0.0369. The second-order valence-electron chi connectivity index (χ2n) is 16.1. The zero-order valence-electron chi connectivity index (χ0n) is 30.7. The van der Waals surface area contributed by atoms with Crippen LogP contribution in [0.5, 0.6) is 0 Å². The number of carbonyl (C=O) groups is 4. The zero-order valence-corrected chi connectivity index (χ0v) is 41.1. The molecule has 0 unspecified atom stereocenters. The molecule has 3 aliphatic carbocycles. The molecule has 3 fully saturated rings. The largest absolute Gasteiger partial charge is 0.459 e. The number of thiophene rings is 1. The number of aliphatic hydroxyl groups is 5. The van der Waals surface area contributed by atoms with Crippen LogP contribution in [-0.4, -0.2) is 110 Å². The fourth-order valence-electron chi connectivity index (χ4n) is 8.37. The van der Waals surface area contributed by atoms with Crippen LogP contribution in [0, 0.1) is 110 Å². The Balaban J connectivity index is 0.00000364. The van der Waals surface area contributed by atoms with Gasteiger partial charge in [0, 0.05) is 124 Å².